The number of aromatic hydroxyl groups is 1. The summed E-state index contributed by atoms with van der Waals surface area (Å²) in [6, 6.07) is 17.5. The summed E-state index contributed by atoms with van der Waals surface area (Å²) in [5.41, 5.74) is 3.17. The van der Waals surface area contributed by atoms with Crippen LogP contribution >= 0.6 is 0 Å². The molecule has 1 heterocycles. The first-order chi connectivity index (χ1) is 17.9. The predicted octanol–water partition coefficient (Wildman–Crippen LogP) is 5.65. The highest BCUT2D eigenvalue weighted by atomic mass is 19.1. The summed E-state index contributed by atoms with van der Waals surface area (Å²) in [4.78, 5) is 25.7. The van der Waals surface area contributed by atoms with Gasteiger partial charge in [0, 0.05) is 5.92 Å². The second-order valence-electron chi connectivity index (χ2n) is 9.03. The van der Waals surface area contributed by atoms with E-state index in [1.165, 1.54) is 41.4 Å². The van der Waals surface area contributed by atoms with Crippen molar-refractivity contribution in [2.75, 3.05) is 6.61 Å². The Morgan fingerprint density at radius 1 is 1.00 bits per heavy atom. The lowest BCUT2D eigenvalue weighted by Crippen LogP contribution is -2.34. The van der Waals surface area contributed by atoms with Crippen LogP contribution in [-0.2, 0) is 9.53 Å². The molecular formula is C29H24F2N2O4. The number of hydrogen-bond donors (Lipinski definition) is 1. The maximum Gasteiger partial charge on any atom is 0.342 e. The van der Waals surface area contributed by atoms with Crippen LogP contribution in [0.4, 0.5) is 8.78 Å². The van der Waals surface area contributed by atoms with E-state index < -0.39 is 30.3 Å². The van der Waals surface area contributed by atoms with E-state index in [9.17, 15) is 23.5 Å². The van der Waals surface area contributed by atoms with Crippen molar-refractivity contribution < 1.29 is 28.2 Å². The zero-order valence-corrected chi connectivity index (χ0v) is 19.8. The molecule has 0 spiro atoms. The highest BCUT2D eigenvalue weighted by Gasteiger charge is 2.43. The monoisotopic (exact) mass is 502 g/mol. The Morgan fingerprint density at radius 2 is 1.68 bits per heavy atom. The Bertz CT molecular complexity index is 1380. The van der Waals surface area contributed by atoms with Crippen molar-refractivity contribution >= 4 is 23.7 Å². The molecule has 0 aromatic heterocycles. The molecule has 0 radical (unpaired) electrons. The van der Waals surface area contributed by atoms with Crippen molar-refractivity contribution in [1.29, 1.82) is 0 Å². The molecule has 0 saturated heterocycles. The fraction of sp³-hybridized carbons (Fsp3) is 0.207. The number of para-hydroxylation sites is 1. The molecule has 1 N–H and O–H groups in total. The molecule has 1 aliphatic heterocycles. The number of hydrogen-bond acceptors (Lipinski definition) is 5. The van der Waals surface area contributed by atoms with E-state index >= 15 is 0 Å². The van der Waals surface area contributed by atoms with Crippen LogP contribution in [0.15, 0.2) is 83.5 Å². The largest absolute Gasteiger partial charge is 0.507 e. The number of rotatable bonds is 5. The molecule has 188 valence electrons. The standard InChI is InChI=1S/C29H24F2N2O4/c30-21-12-8-18(9-13-21)16-20-4-3-6-24-27(20)32-33(28(24)19-10-14-22(31)15-11-19)26(35)17-37-29(36)23-5-1-2-7-25(23)34/h1-2,5,7-16,24,28,34H,3-4,6,17H2. The number of amides is 1. The molecule has 8 heteroatoms. The fourth-order valence-electron chi connectivity index (χ4n) is 4.88. The Labute approximate surface area is 212 Å². The molecule has 2 atom stereocenters. The Balaban J connectivity index is 1.44. The minimum atomic E-state index is -0.828. The lowest BCUT2D eigenvalue weighted by Gasteiger charge is -2.29. The summed E-state index contributed by atoms with van der Waals surface area (Å²) in [7, 11) is 0. The van der Waals surface area contributed by atoms with Crippen molar-refractivity contribution in [3.63, 3.8) is 0 Å². The van der Waals surface area contributed by atoms with Gasteiger partial charge in [0.2, 0.25) is 0 Å². The summed E-state index contributed by atoms with van der Waals surface area (Å²) in [5, 5.41) is 15.9. The third-order valence-electron chi connectivity index (χ3n) is 6.63. The van der Waals surface area contributed by atoms with Crippen LogP contribution in [0.2, 0.25) is 0 Å². The third kappa shape index (κ3) is 5.14. The second kappa shape index (κ2) is 10.3. The quantitative estimate of drug-likeness (QED) is 0.458. The number of ether oxygens (including phenoxy) is 1. The zero-order valence-electron chi connectivity index (χ0n) is 19.8. The van der Waals surface area contributed by atoms with Gasteiger partial charge in [0.25, 0.3) is 5.91 Å². The minimum absolute atomic E-state index is 0.0451. The fourth-order valence-corrected chi connectivity index (χ4v) is 4.88. The number of phenolic OH excluding ortho intramolecular Hbond substituents is 1. The summed E-state index contributed by atoms with van der Waals surface area (Å²) in [6.07, 6.45) is 4.31. The third-order valence-corrected chi connectivity index (χ3v) is 6.63. The lowest BCUT2D eigenvalue weighted by atomic mass is 9.77. The molecule has 5 rings (SSSR count). The van der Waals surface area contributed by atoms with Gasteiger partial charge >= 0.3 is 5.97 Å². The first kappa shape index (κ1) is 24.4. The average Bonchev–Trinajstić information content (AvgIpc) is 3.30. The molecule has 2 aliphatic rings. The molecule has 3 aromatic rings. The van der Waals surface area contributed by atoms with Crippen molar-refractivity contribution in [3.05, 3.63) is 107 Å². The number of phenols is 1. The van der Waals surface area contributed by atoms with Gasteiger partial charge in [0.05, 0.1) is 11.8 Å². The number of allylic oxidation sites excluding steroid dienone is 1. The summed E-state index contributed by atoms with van der Waals surface area (Å²) < 4.78 is 32.3. The zero-order chi connectivity index (χ0) is 25.9. The number of carbonyl (C=O) groups excluding carboxylic acids is 2. The van der Waals surface area contributed by atoms with Crippen LogP contribution in [0, 0.1) is 17.6 Å². The highest BCUT2D eigenvalue weighted by Crippen LogP contribution is 2.44. The van der Waals surface area contributed by atoms with Crippen molar-refractivity contribution in [2.45, 2.75) is 25.3 Å². The summed E-state index contributed by atoms with van der Waals surface area (Å²) in [6.45, 7) is -0.578. The normalized spacial score (nSPS) is 19.9. The maximum atomic E-state index is 13.7. The molecule has 0 bridgehead atoms. The van der Waals surface area contributed by atoms with Gasteiger partial charge in [-0.1, -0.05) is 36.4 Å². The van der Waals surface area contributed by atoms with E-state index in [4.69, 9.17) is 4.74 Å². The maximum absolute atomic E-state index is 13.7. The van der Waals surface area contributed by atoms with Gasteiger partial charge in [-0.15, -0.1) is 0 Å². The van der Waals surface area contributed by atoms with Crippen LogP contribution in [0.25, 0.3) is 6.08 Å². The Morgan fingerprint density at radius 3 is 2.38 bits per heavy atom. The van der Waals surface area contributed by atoms with Crippen LogP contribution in [0.5, 0.6) is 5.75 Å². The van der Waals surface area contributed by atoms with Gasteiger partial charge in [-0.25, -0.2) is 18.6 Å². The van der Waals surface area contributed by atoms with E-state index in [2.05, 4.69) is 5.10 Å². The molecule has 1 aliphatic carbocycles. The lowest BCUT2D eigenvalue weighted by molar-refractivity contribution is -0.137. The number of halogens is 2. The van der Waals surface area contributed by atoms with Gasteiger partial charge < -0.3 is 9.84 Å². The molecule has 2 unspecified atom stereocenters. The van der Waals surface area contributed by atoms with Gasteiger partial charge in [0.1, 0.15) is 22.9 Å². The molecule has 1 saturated carbocycles. The number of esters is 1. The van der Waals surface area contributed by atoms with E-state index in [1.54, 1.807) is 36.4 Å². The SMILES string of the molecule is O=C(OCC(=O)N1N=C2C(=Cc3ccc(F)cc3)CCCC2C1c1ccc(F)cc1)c1ccccc1O. The number of fused-ring (bicyclic) bond motifs is 1. The average molecular weight is 503 g/mol. The van der Waals surface area contributed by atoms with Crippen LogP contribution in [0.1, 0.15) is 46.8 Å². The number of nitrogens with zero attached hydrogens (tertiary/aromatic N) is 2. The molecule has 3 aromatic carbocycles. The summed E-state index contributed by atoms with van der Waals surface area (Å²) >= 11 is 0. The van der Waals surface area contributed by atoms with Gasteiger partial charge in [0.15, 0.2) is 6.61 Å². The van der Waals surface area contributed by atoms with Gasteiger partial charge in [-0.05, 0) is 78.4 Å². The van der Waals surface area contributed by atoms with Crippen LogP contribution in [0.3, 0.4) is 0 Å². The topological polar surface area (TPSA) is 79.2 Å². The van der Waals surface area contributed by atoms with Crippen LogP contribution < -0.4 is 0 Å². The van der Waals surface area contributed by atoms with Gasteiger partial charge in [-0.2, -0.15) is 5.10 Å². The first-order valence-corrected chi connectivity index (χ1v) is 12.0. The van der Waals surface area contributed by atoms with Crippen LogP contribution in [-0.4, -0.2) is 34.3 Å². The predicted molar refractivity (Wildman–Crippen MR) is 134 cm³/mol. The van der Waals surface area contributed by atoms with Crippen molar-refractivity contribution in [2.24, 2.45) is 11.0 Å². The van der Waals surface area contributed by atoms with Gasteiger partial charge in [-0.3, -0.25) is 4.79 Å². The number of benzene rings is 3. The summed E-state index contributed by atoms with van der Waals surface area (Å²) in [5.74, 6) is -2.46. The Hall–Kier alpha value is -4.33. The van der Waals surface area contributed by atoms with E-state index in [1.807, 2.05) is 6.08 Å². The second-order valence-corrected chi connectivity index (χ2v) is 9.03. The Kier molecular flexibility index (Phi) is 6.81. The molecule has 1 amide bonds. The molecule has 1 fully saturated rings. The van der Waals surface area contributed by atoms with Crippen molar-refractivity contribution in [1.82, 2.24) is 5.01 Å². The number of carbonyl (C=O) groups is 2. The van der Waals surface area contributed by atoms with Crippen molar-refractivity contribution in [3.8, 4) is 5.75 Å². The smallest absolute Gasteiger partial charge is 0.342 e. The molecule has 6 nitrogen and oxygen atoms in total. The van der Waals surface area contributed by atoms with E-state index in [-0.39, 0.29) is 23.0 Å². The number of hydrazone groups is 1. The first-order valence-electron chi connectivity index (χ1n) is 12.0. The highest BCUT2D eigenvalue weighted by molar-refractivity contribution is 6.08. The van der Waals surface area contributed by atoms with E-state index in [0.717, 1.165) is 36.1 Å². The molecular weight excluding hydrogens is 478 g/mol. The molecule has 37 heavy (non-hydrogen) atoms. The van der Waals surface area contributed by atoms with E-state index in [0.29, 0.717) is 5.56 Å². The minimum Gasteiger partial charge on any atom is -0.507 e.